The first-order chi connectivity index (χ1) is 9.16. The van der Waals surface area contributed by atoms with Crippen LogP contribution in [0.4, 0.5) is 5.69 Å². The molecule has 2 atom stereocenters. The quantitative estimate of drug-likeness (QED) is 0.856. The highest BCUT2D eigenvalue weighted by atomic mass is 16.5. The normalized spacial score (nSPS) is 20.5. The topological polar surface area (TPSA) is 32.7 Å². The summed E-state index contributed by atoms with van der Waals surface area (Å²) in [6.07, 6.45) is 5.37. The number of hydrogen-bond acceptors (Lipinski definition) is 3. The number of hydrogen-bond donors (Lipinski definition) is 1. The Kier molecular flexibility index (Phi) is 5.23. The molecule has 2 rings (SSSR count). The molecule has 2 unspecified atom stereocenters. The van der Waals surface area contributed by atoms with Gasteiger partial charge in [0.1, 0.15) is 0 Å². The van der Waals surface area contributed by atoms with Gasteiger partial charge in [0.2, 0.25) is 0 Å². The Hall–Kier alpha value is -1.06. The van der Waals surface area contributed by atoms with Gasteiger partial charge >= 0.3 is 0 Å². The largest absolute Gasteiger partial charge is 0.388 e. The van der Waals surface area contributed by atoms with Crippen molar-refractivity contribution in [1.29, 1.82) is 0 Å². The van der Waals surface area contributed by atoms with Gasteiger partial charge in [-0.3, -0.25) is 0 Å². The van der Waals surface area contributed by atoms with E-state index in [0.29, 0.717) is 6.10 Å². The predicted molar refractivity (Wildman–Crippen MR) is 78.6 cm³/mol. The van der Waals surface area contributed by atoms with Crippen molar-refractivity contribution in [2.24, 2.45) is 0 Å². The maximum atomic E-state index is 10.2. The molecule has 1 N–H and O–H groups in total. The third-order valence-electron chi connectivity index (χ3n) is 3.80. The van der Waals surface area contributed by atoms with Gasteiger partial charge in [0, 0.05) is 26.4 Å². The lowest BCUT2D eigenvalue weighted by molar-refractivity contribution is 0.0945. The van der Waals surface area contributed by atoms with Crippen LogP contribution < -0.4 is 4.90 Å². The minimum atomic E-state index is -0.360. The van der Waals surface area contributed by atoms with Crippen LogP contribution in [0.25, 0.3) is 0 Å². The summed E-state index contributed by atoms with van der Waals surface area (Å²) < 4.78 is 5.60. The maximum Gasteiger partial charge on any atom is 0.0790 e. The Bertz CT molecular complexity index is 386. The molecule has 1 aromatic carbocycles. The Balaban J connectivity index is 1.81. The summed E-state index contributed by atoms with van der Waals surface area (Å²) >= 11 is 0. The van der Waals surface area contributed by atoms with Crippen molar-refractivity contribution >= 4 is 5.69 Å². The first-order valence-corrected chi connectivity index (χ1v) is 7.24. The summed E-state index contributed by atoms with van der Waals surface area (Å²) in [5, 5.41) is 10.2. The molecule has 0 spiro atoms. The summed E-state index contributed by atoms with van der Waals surface area (Å²) in [5.74, 6) is 0. The van der Waals surface area contributed by atoms with Crippen molar-refractivity contribution in [1.82, 2.24) is 0 Å². The average molecular weight is 263 g/mol. The SMILES string of the molecule is CN(C)c1cccc(C(O)CCCC2CCCO2)c1. The smallest absolute Gasteiger partial charge is 0.0790 e. The highest BCUT2D eigenvalue weighted by molar-refractivity contribution is 5.47. The van der Waals surface area contributed by atoms with Gasteiger partial charge in [0.25, 0.3) is 0 Å². The van der Waals surface area contributed by atoms with Crippen LogP contribution in [-0.2, 0) is 4.74 Å². The van der Waals surface area contributed by atoms with Gasteiger partial charge in [-0.25, -0.2) is 0 Å². The third kappa shape index (κ3) is 4.22. The second kappa shape index (κ2) is 6.92. The molecule has 1 saturated heterocycles. The van der Waals surface area contributed by atoms with E-state index in [2.05, 4.69) is 17.0 Å². The van der Waals surface area contributed by atoms with Crippen molar-refractivity contribution in [3.63, 3.8) is 0 Å². The lowest BCUT2D eigenvalue weighted by atomic mass is 10.0. The zero-order chi connectivity index (χ0) is 13.7. The van der Waals surface area contributed by atoms with E-state index in [1.54, 1.807) is 0 Å². The molecule has 0 bridgehead atoms. The Morgan fingerprint density at radius 1 is 1.42 bits per heavy atom. The first-order valence-electron chi connectivity index (χ1n) is 7.24. The summed E-state index contributed by atoms with van der Waals surface area (Å²) in [5.41, 5.74) is 2.15. The second-order valence-corrected chi connectivity index (χ2v) is 5.57. The number of nitrogens with zero attached hydrogens (tertiary/aromatic N) is 1. The van der Waals surface area contributed by atoms with Gasteiger partial charge in [-0.1, -0.05) is 12.1 Å². The van der Waals surface area contributed by atoms with Crippen LogP contribution in [-0.4, -0.2) is 31.9 Å². The van der Waals surface area contributed by atoms with Gasteiger partial charge in [-0.15, -0.1) is 0 Å². The summed E-state index contributed by atoms with van der Waals surface area (Å²) in [4.78, 5) is 2.06. The van der Waals surface area contributed by atoms with Crippen LogP contribution in [0.2, 0.25) is 0 Å². The molecule has 1 fully saturated rings. The molecule has 3 heteroatoms. The molecule has 1 aliphatic heterocycles. The van der Waals surface area contributed by atoms with Crippen molar-refractivity contribution in [2.75, 3.05) is 25.6 Å². The van der Waals surface area contributed by atoms with Crippen LogP contribution in [0.5, 0.6) is 0 Å². The van der Waals surface area contributed by atoms with Gasteiger partial charge in [-0.2, -0.15) is 0 Å². The van der Waals surface area contributed by atoms with Crippen LogP contribution in [0.3, 0.4) is 0 Å². The minimum absolute atomic E-state index is 0.360. The van der Waals surface area contributed by atoms with Crippen LogP contribution >= 0.6 is 0 Å². The molecule has 19 heavy (non-hydrogen) atoms. The molecule has 1 aliphatic rings. The molecule has 0 amide bonds. The number of ether oxygens (including phenoxy) is 1. The van der Waals surface area contributed by atoms with E-state index in [-0.39, 0.29) is 6.10 Å². The highest BCUT2D eigenvalue weighted by Gasteiger charge is 2.16. The minimum Gasteiger partial charge on any atom is -0.388 e. The molecule has 0 radical (unpaired) electrons. The number of rotatable bonds is 6. The van der Waals surface area contributed by atoms with Crippen LogP contribution in [0, 0.1) is 0 Å². The Morgan fingerprint density at radius 3 is 2.95 bits per heavy atom. The van der Waals surface area contributed by atoms with Crippen molar-refractivity contribution in [3.8, 4) is 0 Å². The van der Waals surface area contributed by atoms with Gasteiger partial charge in [0.05, 0.1) is 12.2 Å². The molecule has 0 aliphatic carbocycles. The van der Waals surface area contributed by atoms with E-state index in [9.17, 15) is 5.11 Å². The zero-order valence-electron chi connectivity index (χ0n) is 12.0. The van der Waals surface area contributed by atoms with Crippen molar-refractivity contribution < 1.29 is 9.84 Å². The Labute approximate surface area is 116 Å². The lowest BCUT2D eigenvalue weighted by Crippen LogP contribution is -2.10. The third-order valence-corrected chi connectivity index (χ3v) is 3.80. The van der Waals surface area contributed by atoms with E-state index in [0.717, 1.165) is 37.1 Å². The molecule has 106 valence electrons. The molecule has 3 nitrogen and oxygen atoms in total. The Morgan fingerprint density at radius 2 is 2.26 bits per heavy atom. The van der Waals surface area contributed by atoms with Crippen LogP contribution in [0.1, 0.15) is 43.8 Å². The molecule has 1 aromatic rings. The van der Waals surface area contributed by atoms with Crippen LogP contribution in [0.15, 0.2) is 24.3 Å². The van der Waals surface area contributed by atoms with E-state index in [4.69, 9.17) is 4.74 Å². The molecular formula is C16H25NO2. The van der Waals surface area contributed by atoms with E-state index >= 15 is 0 Å². The molecule has 0 saturated carbocycles. The van der Waals surface area contributed by atoms with Crippen molar-refractivity contribution in [3.05, 3.63) is 29.8 Å². The lowest BCUT2D eigenvalue weighted by Gasteiger charge is -2.17. The number of aliphatic hydroxyl groups excluding tert-OH is 1. The number of anilines is 1. The second-order valence-electron chi connectivity index (χ2n) is 5.57. The van der Waals surface area contributed by atoms with E-state index < -0.39 is 0 Å². The fourth-order valence-electron chi connectivity index (χ4n) is 2.59. The number of aliphatic hydroxyl groups is 1. The summed E-state index contributed by atoms with van der Waals surface area (Å²) in [6.45, 7) is 0.915. The summed E-state index contributed by atoms with van der Waals surface area (Å²) in [6, 6.07) is 8.14. The fraction of sp³-hybridized carbons (Fsp3) is 0.625. The zero-order valence-corrected chi connectivity index (χ0v) is 12.0. The van der Waals surface area contributed by atoms with Gasteiger partial charge < -0.3 is 14.7 Å². The fourth-order valence-corrected chi connectivity index (χ4v) is 2.59. The monoisotopic (exact) mass is 263 g/mol. The average Bonchev–Trinajstić information content (AvgIpc) is 2.92. The van der Waals surface area contributed by atoms with E-state index in [1.807, 2.05) is 26.2 Å². The molecular weight excluding hydrogens is 238 g/mol. The highest BCUT2D eigenvalue weighted by Crippen LogP contribution is 2.25. The summed E-state index contributed by atoms with van der Waals surface area (Å²) in [7, 11) is 4.03. The molecule has 1 heterocycles. The molecule has 0 aromatic heterocycles. The van der Waals surface area contributed by atoms with Gasteiger partial charge in [-0.05, 0) is 49.8 Å². The van der Waals surface area contributed by atoms with E-state index in [1.165, 1.54) is 12.8 Å². The maximum absolute atomic E-state index is 10.2. The van der Waals surface area contributed by atoms with Gasteiger partial charge in [0.15, 0.2) is 0 Å². The number of benzene rings is 1. The first kappa shape index (κ1) is 14.4. The predicted octanol–water partition coefficient (Wildman–Crippen LogP) is 3.14. The van der Waals surface area contributed by atoms with Crippen molar-refractivity contribution in [2.45, 2.75) is 44.3 Å². The standard InChI is InChI=1S/C16H25NO2/c1-17(2)14-7-3-6-13(12-14)16(18)10-4-8-15-9-5-11-19-15/h3,6-7,12,15-16,18H,4-5,8-11H2,1-2H3.